The molecule has 62 heavy (non-hydrogen) atoms. The zero-order valence-corrected chi connectivity index (χ0v) is 35.7. The van der Waals surface area contributed by atoms with E-state index in [1.165, 1.54) is 116 Å². The van der Waals surface area contributed by atoms with Gasteiger partial charge in [0.05, 0.1) is 11.4 Å². The summed E-state index contributed by atoms with van der Waals surface area (Å²) in [4.78, 5) is 2.63. The van der Waals surface area contributed by atoms with Crippen LogP contribution in [0.3, 0.4) is 0 Å². The van der Waals surface area contributed by atoms with Crippen molar-refractivity contribution < 1.29 is 0 Å². The second kappa shape index (κ2) is 13.5. The molecule has 1 heteroatoms. The molecule has 0 radical (unpaired) electrons. The highest BCUT2D eigenvalue weighted by atomic mass is 15.1. The molecule has 0 unspecified atom stereocenters. The first-order chi connectivity index (χ1) is 30.5. The Bertz CT molecular complexity index is 3050. The number of benzene rings is 8. The van der Waals surface area contributed by atoms with Crippen LogP contribution >= 0.6 is 0 Å². The Morgan fingerprint density at radius 2 is 0.855 bits per heavy atom. The first-order valence-electron chi connectivity index (χ1n) is 23.1. The van der Waals surface area contributed by atoms with Crippen LogP contribution in [0.1, 0.15) is 68.2 Å². The molecule has 1 spiro atoms. The summed E-state index contributed by atoms with van der Waals surface area (Å²) in [6, 6.07) is 71.8. The minimum atomic E-state index is -0.229. The lowest BCUT2D eigenvalue weighted by molar-refractivity contribution is -0.0399. The van der Waals surface area contributed by atoms with Gasteiger partial charge in [-0.2, -0.15) is 0 Å². The molecule has 0 aliphatic heterocycles. The number of nitrogens with zero attached hydrogens (tertiary/aromatic N) is 1. The van der Waals surface area contributed by atoms with E-state index in [4.69, 9.17) is 0 Å². The molecule has 300 valence electrons. The van der Waals surface area contributed by atoms with Crippen LogP contribution in [0.25, 0.3) is 55.6 Å². The summed E-state index contributed by atoms with van der Waals surface area (Å²) < 4.78 is 0. The Kier molecular flexibility index (Phi) is 7.91. The summed E-state index contributed by atoms with van der Waals surface area (Å²) in [6.07, 6.45) is 6.94. The maximum absolute atomic E-state index is 2.63. The van der Waals surface area contributed by atoms with E-state index in [-0.39, 0.29) is 10.8 Å². The Labute approximate surface area is 366 Å². The van der Waals surface area contributed by atoms with E-state index >= 15 is 0 Å². The predicted molar refractivity (Wildman–Crippen MR) is 258 cm³/mol. The lowest BCUT2D eigenvalue weighted by Crippen LogP contribution is -2.55. The number of rotatable bonds is 4. The van der Waals surface area contributed by atoms with Gasteiger partial charge in [0.25, 0.3) is 0 Å². The summed E-state index contributed by atoms with van der Waals surface area (Å²) in [6.45, 7) is 4.80. The molecule has 0 aromatic heterocycles. The van der Waals surface area contributed by atoms with E-state index in [9.17, 15) is 0 Å². The lowest BCUT2D eigenvalue weighted by atomic mass is 9.43. The van der Waals surface area contributed by atoms with E-state index in [1.807, 2.05) is 0 Å². The number of para-hydroxylation sites is 1. The summed E-state index contributed by atoms with van der Waals surface area (Å²) in [5.41, 5.74) is 22.3. The maximum atomic E-state index is 2.63. The zero-order chi connectivity index (χ0) is 41.2. The van der Waals surface area contributed by atoms with Gasteiger partial charge in [0.15, 0.2) is 0 Å². The summed E-state index contributed by atoms with van der Waals surface area (Å²) in [5.74, 6) is 3.20. The number of anilines is 3. The molecule has 4 fully saturated rings. The Balaban J connectivity index is 1.11. The first kappa shape index (κ1) is 36.2. The van der Waals surface area contributed by atoms with Crippen LogP contribution in [0.15, 0.2) is 188 Å². The van der Waals surface area contributed by atoms with Gasteiger partial charge in [-0.15, -0.1) is 0 Å². The van der Waals surface area contributed by atoms with Gasteiger partial charge in [-0.1, -0.05) is 178 Å². The number of hydrogen-bond acceptors (Lipinski definition) is 1. The van der Waals surface area contributed by atoms with Gasteiger partial charge in [0.1, 0.15) is 0 Å². The van der Waals surface area contributed by atoms with Crippen LogP contribution in [0.5, 0.6) is 0 Å². The van der Waals surface area contributed by atoms with E-state index < -0.39 is 0 Å². The quantitative estimate of drug-likeness (QED) is 0.171. The normalized spacial score (nSPS) is 22.9. The number of hydrogen-bond donors (Lipinski definition) is 0. The van der Waals surface area contributed by atoms with Crippen molar-refractivity contribution in [3.8, 4) is 55.6 Å². The molecule has 4 bridgehead atoms. The van der Waals surface area contributed by atoms with Gasteiger partial charge in [-0.05, 0) is 147 Å². The topological polar surface area (TPSA) is 3.24 Å². The molecule has 0 heterocycles. The van der Waals surface area contributed by atoms with Crippen molar-refractivity contribution in [2.75, 3.05) is 4.90 Å². The smallest absolute Gasteiger partial charge is 0.0543 e. The minimum Gasteiger partial charge on any atom is -0.309 e. The fourth-order valence-corrected chi connectivity index (χ4v) is 14.1. The molecule has 0 atom stereocenters. The van der Waals surface area contributed by atoms with E-state index in [0.717, 1.165) is 11.8 Å². The average molecular weight is 798 g/mol. The van der Waals surface area contributed by atoms with Crippen molar-refractivity contribution in [1.29, 1.82) is 0 Å². The van der Waals surface area contributed by atoms with Gasteiger partial charge in [0, 0.05) is 27.6 Å². The van der Waals surface area contributed by atoms with Crippen LogP contribution < -0.4 is 4.90 Å². The summed E-state index contributed by atoms with van der Waals surface area (Å²) in [7, 11) is 0. The van der Waals surface area contributed by atoms with Gasteiger partial charge < -0.3 is 4.90 Å². The van der Waals surface area contributed by atoms with Crippen LogP contribution in [-0.4, -0.2) is 0 Å². The Hall–Kier alpha value is -6.44. The zero-order valence-electron chi connectivity index (χ0n) is 35.7. The fraction of sp³-hybridized carbons (Fsp3) is 0.213. The highest BCUT2D eigenvalue weighted by molar-refractivity contribution is 6.01. The molecule has 14 rings (SSSR count). The van der Waals surface area contributed by atoms with Crippen LogP contribution in [0.2, 0.25) is 0 Å². The fourth-order valence-electron chi connectivity index (χ4n) is 14.1. The second-order valence-corrected chi connectivity index (χ2v) is 19.6. The summed E-state index contributed by atoms with van der Waals surface area (Å²) >= 11 is 0. The van der Waals surface area contributed by atoms with Gasteiger partial charge >= 0.3 is 0 Å². The third-order valence-electron chi connectivity index (χ3n) is 16.3. The monoisotopic (exact) mass is 797 g/mol. The van der Waals surface area contributed by atoms with Crippen molar-refractivity contribution in [1.82, 2.24) is 0 Å². The van der Waals surface area contributed by atoms with Crippen LogP contribution in [0, 0.1) is 23.7 Å². The van der Waals surface area contributed by atoms with Crippen LogP contribution in [-0.2, 0) is 10.8 Å². The molecule has 8 aromatic carbocycles. The predicted octanol–water partition coefficient (Wildman–Crippen LogP) is 16.2. The molecule has 8 aromatic rings. The molecule has 6 aliphatic rings. The maximum Gasteiger partial charge on any atom is 0.0543 e. The largest absolute Gasteiger partial charge is 0.309 e. The van der Waals surface area contributed by atoms with Gasteiger partial charge in [-0.3, -0.25) is 0 Å². The standard InChI is InChI=1S/C61H51N/c1-60(2)53-25-12-8-22-49(53)46-20-6-7-21-47(46)52-38-44(31-32-48(52)50-23-9-13-26-54(50)60)62(57-29-15-11-19-45(57)41-17-4-3-5-18-41)58-30-16-28-56-59(58)51-24-10-14-27-55(51)61(56)42-34-39-33-40(36-42)37-43(61)35-39/h3-32,38-40,42-43H,33-37H2,1-2H3. The molecular weight excluding hydrogens is 747 g/mol. The van der Waals surface area contributed by atoms with Gasteiger partial charge in [-0.25, -0.2) is 0 Å². The van der Waals surface area contributed by atoms with E-state index in [1.54, 1.807) is 11.1 Å². The van der Waals surface area contributed by atoms with Crippen molar-refractivity contribution in [3.63, 3.8) is 0 Å². The molecule has 0 amide bonds. The SMILES string of the molecule is CC1(C)c2ccccc2-c2ccccc2-c2cc(N(c3ccccc3-c3ccccc3)c3cccc4c3-c3ccccc3C43C4CC5CC(C4)CC3C5)ccc2-c2ccccc21. The highest BCUT2D eigenvalue weighted by Gasteiger charge is 2.62. The minimum absolute atomic E-state index is 0.0765. The highest BCUT2D eigenvalue weighted by Crippen LogP contribution is 2.70. The Morgan fingerprint density at radius 3 is 1.52 bits per heavy atom. The second-order valence-electron chi connectivity index (χ2n) is 19.6. The van der Waals surface area contributed by atoms with Crippen LogP contribution in [0.4, 0.5) is 17.1 Å². The lowest BCUT2D eigenvalue weighted by Gasteiger charge is -2.61. The van der Waals surface area contributed by atoms with Crippen molar-refractivity contribution >= 4 is 17.1 Å². The molecule has 0 N–H and O–H groups in total. The average Bonchev–Trinajstić information content (AvgIpc) is 3.63. The molecule has 6 aliphatic carbocycles. The van der Waals surface area contributed by atoms with Gasteiger partial charge in [0.2, 0.25) is 0 Å². The molecule has 4 saturated carbocycles. The Morgan fingerprint density at radius 1 is 0.371 bits per heavy atom. The summed E-state index contributed by atoms with van der Waals surface area (Å²) in [5, 5.41) is 0. The third kappa shape index (κ3) is 5.03. The number of fused-ring (bicyclic) bond motifs is 10. The molecular formula is C61H51N. The first-order valence-corrected chi connectivity index (χ1v) is 23.1. The van der Waals surface area contributed by atoms with Crippen molar-refractivity contribution in [2.45, 2.75) is 56.8 Å². The molecule has 1 nitrogen and oxygen atoms in total. The third-order valence-corrected chi connectivity index (χ3v) is 16.3. The molecule has 0 saturated heterocycles. The van der Waals surface area contributed by atoms with Crippen molar-refractivity contribution in [3.05, 3.63) is 210 Å². The van der Waals surface area contributed by atoms with E-state index in [0.29, 0.717) is 11.8 Å². The van der Waals surface area contributed by atoms with E-state index in [2.05, 4.69) is 207 Å². The van der Waals surface area contributed by atoms with Crippen molar-refractivity contribution in [2.24, 2.45) is 23.7 Å².